The third-order valence-electron chi connectivity index (χ3n) is 2.63. The molecule has 18 heavy (non-hydrogen) atoms. The lowest BCUT2D eigenvalue weighted by Crippen LogP contribution is -2.17. The van der Waals surface area contributed by atoms with E-state index in [-0.39, 0.29) is 10.6 Å². The lowest BCUT2D eigenvalue weighted by molar-refractivity contribution is 1.04. The zero-order chi connectivity index (χ0) is 13.1. The Labute approximate surface area is 109 Å². The highest BCUT2D eigenvalue weighted by Crippen LogP contribution is 2.25. The molecule has 0 atom stereocenters. The van der Waals surface area contributed by atoms with E-state index in [0.717, 1.165) is 11.3 Å². The largest absolute Gasteiger partial charge is 0.328 e. The Morgan fingerprint density at radius 1 is 1.50 bits per heavy atom. The van der Waals surface area contributed by atoms with E-state index in [9.17, 15) is 4.79 Å². The Morgan fingerprint density at radius 3 is 3.00 bits per heavy atom. The predicted octanol–water partition coefficient (Wildman–Crippen LogP) is 1.65. The van der Waals surface area contributed by atoms with Crippen molar-refractivity contribution < 1.29 is 0 Å². The SMILES string of the molecule is CN(c1cccc(CN)c1)c1nc[nH]c(=O)c1Cl. The van der Waals surface area contributed by atoms with Crippen LogP contribution >= 0.6 is 11.6 Å². The monoisotopic (exact) mass is 264 g/mol. The molecule has 5 nitrogen and oxygen atoms in total. The van der Waals surface area contributed by atoms with Crippen LogP contribution in [0.3, 0.4) is 0 Å². The Kier molecular flexibility index (Phi) is 3.64. The number of nitrogens with two attached hydrogens (primary N) is 1. The molecular formula is C12H13ClN4O. The summed E-state index contributed by atoms with van der Waals surface area (Å²) in [4.78, 5) is 19.7. The smallest absolute Gasteiger partial charge is 0.271 e. The standard InChI is InChI=1S/C12H13ClN4O/c1-17(9-4-2-3-8(5-9)6-14)11-10(13)12(18)16-7-15-11/h2-5,7H,6,14H2,1H3,(H,15,16,18). The quantitative estimate of drug-likeness (QED) is 0.884. The normalized spacial score (nSPS) is 10.4. The first-order chi connectivity index (χ1) is 8.63. The first-order valence-electron chi connectivity index (χ1n) is 5.39. The predicted molar refractivity (Wildman–Crippen MR) is 72.3 cm³/mol. The zero-order valence-electron chi connectivity index (χ0n) is 9.85. The first kappa shape index (κ1) is 12.6. The highest BCUT2D eigenvalue weighted by molar-refractivity contribution is 6.32. The maximum absolute atomic E-state index is 11.4. The summed E-state index contributed by atoms with van der Waals surface area (Å²) in [5, 5.41) is 0.0677. The lowest BCUT2D eigenvalue weighted by atomic mass is 10.2. The van der Waals surface area contributed by atoms with Gasteiger partial charge in [0.05, 0.1) is 6.33 Å². The Morgan fingerprint density at radius 2 is 2.28 bits per heavy atom. The molecule has 0 amide bonds. The Bertz CT molecular complexity index is 611. The fraction of sp³-hybridized carbons (Fsp3) is 0.167. The van der Waals surface area contributed by atoms with Crippen molar-refractivity contribution in [3.05, 3.63) is 51.5 Å². The van der Waals surface area contributed by atoms with Crippen molar-refractivity contribution in [1.29, 1.82) is 0 Å². The van der Waals surface area contributed by atoms with Crippen molar-refractivity contribution in [3.8, 4) is 0 Å². The number of hydrogen-bond donors (Lipinski definition) is 2. The van der Waals surface area contributed by atoms with E-state index in [4.69, 9.17) is 17.3 Å². The third-order valence-corrected chi connectivity index (χ3v) is 2.97. The van der Waals surface area contributed by atoms with Gasteiger partial charge in [-0.25, -0.2) is 4.98 Å². The summed E-state index contributed by atoms with van der Waals surface area (Å²) in [6.45, 7) is 0.457. The number of aromatic nitrogens is 2. The number of aromatic amines is 1. The van der Waals surface area contributed by atoms with Crippen LogP contribution in [0.1, 0.15) is 5.56 Å². The van der Waals surface area contributed by atoms with Gasteiger partial charge >= 0.3 is 0 Å². The van der Waals surface area contributed by atoms with Gasteiger partial charge in [0.15, 0.2) is 5.82 Å². The third kappa shape index (κ3) is 2.37. The van der Waals surface area contributed by atoms with Crippen LogP contribution in [-0.4, -0.2) is 17.0 Å². The second-order valence-electron chi connectivity index (χ2n) is 3.80. The minimum atomic E-state index is -0.358. The first-order valence-corrected chi connectivity index (χ1v) is 5.77. The van der Waals surface area contributed by atoms with Crippen molar-refractivity contribution in [3.63, 3.8) is 0 Å². The summed E-state index contributed by atoms with van der Waals surface area (Å²) in [5.41, 5.74) is 7.11. The van der Waals surface area contributed by atoms with E-state index in [1.54, 1.807) is 11.9 Å². The summed E-state index contributed by atoms with van der Waals surface area (Å²) >= 11 is 5.94. The number of benzene rings is 1. The van der Waals surface area contributed by atoms with E-state index in [0.29, 0.717) is 12.4 Å². The van der Waals surface area contributed by atoms with Gasteiger partial charge in [0.25, 0.3) is 5.56 Å². The number of nitrogens with one attached hydrogen (secondary N) is 1. The Balaban J connectivity index is 2.44. The van der Waals surface area contributed by atoms with Gasteiger partial charge in [-0.15, -0.1) is 0 Å². The number of anilines is 2. The van der Waals surface area contributed by atoms with Crippen LogP contribution in [0.4, 0.5) is 11.5 Å². The number of hydrogen-bond acceptors (Lipinski definition) is 4. The summed E-state index contributed by atoms with van der Waals surface area (Å²) in [6, 6.07) is 7.66. The molecule has 0 radical (unpaired) electrons. The van der Waals surface area contributed by atoms with Crippen LogP contribution in [-0.2, 0) is 6.54 Å². The average molecular weight is 265 g/mol. The molecule has 0 unspecified atom stereocenters. The number of nitrogens with zero attached hydrogens (tertiary/aromatic N) is 2. The highest BCUT2D eigenvalue weighted by Gasteiger charge is 2.12. The van der Waals surface area contributed by atoms with Crippen molar-refractivity contribution >= 4 is 23.1 Å². The van der Waals surface area contributed by atoms with Crippen LogP contribution in [0, 0.1) is 0 Å². The molecule has 1 aromatic heterocycles. The van der Waals surface area contributed by atoms with Gasteiger partial charge < -0.3 is 15.6 Å². The van der Waals surface area contributed by atoms with E-state index in [2.05, 4.69) is 9.97 Å². The molecule has 0 aliphatic rings. The second kappa shape index (κ2) is 5.20. The van der Waals surface area contributed by atoms with Gasteiger partial charge in [0.2, 0.25) is 0 Å². The summed E-state index contributed by atoms with van der Waals surface area (Å²) < 4.78 is 0. The van der Waals surface area contributed by atoms with E-state index in [1.807, 2.05) is 24.3 Å². The maximum atomic E-state index is 11.4. The molecule has 0 bridgehead atoms. The second-order valence-corrected chi connectivity index (χ2v) is 4.18. The average Bonchev–Trinajstić information content (AvgIpc) is 2.41. The summed E-state index contributed by atoms with van der Waals surface area (Å²) in [7, 11) is 1.79. The summed E-state index contributed by atoms with van der Waals surface area (Å²) in [6.07, 6.45) is 1.33. The van der Waals surface area contributed by atoms with Gasteiger partial charge in [-0.2, -0.15) is 0 Å². The molecule has 0 saturated heterocycles. The molecule has 94 valence electrons. The molecule has 0 aliphatic heterocycles. The van der Waals surface area contributed by atoms with Gasteiger partial charge in [-0.1, -0.05) is 23.7 Å². The van der Waals surface area contributed by atoms with Crippen molar-refractivity contribution in [2.24, 2.45) is 5.73 Å². The molecule has 2 aromatic rings. The fourth-order valence-electron chi connectivity index (χ4n) is 1.62. The molecule has 2 rings (SSSR count). The minimum Gasteiger partial charge on any atom is -0.328 e. The van der Waals surface area contributed by atoms with E-state index >= 15 is 0 Å². The highest BCUT2D eigenvalue weighted by atomic mass is 35.5. The van der Waals surface area contributed by atoms with E-state index < -0.39 is 0 Å². The lowest BCUT2D eigenvalue weighted by Gasteiger charge is -2.19. The molecule has 1 aromatic carbocycles. The fourth-order valence-corrected chi connectivity index (χ4v) is 1.85. The van der Waals surface area contributed by atoms with Gasteiger partial charge in [0, 0.05) is 19.3 Å². The number of H-pyrrole nitrogens is 1. The molecule has 3 N–H and O–H groups in total. The van der Waals surface area contributed by atoms with E-state index in [1.165, 1.54) is 6.33 Å². The maximum Gasteiger partial charge on any atom is 0.271 e. The van der Waals surface area contributed by atoms with Crippen LogP contribution in [0.15, 0.2) is 35.4 Å². The number of rotatable bonds is 3. The minimum absolute atomic E-state index is 0.0677. The van der Waals surface area contributed by atoms with Crippen LogP contribution < -0.4 is 16.2 Å². The molecule has 0 aliphatic carbocycles. The summed E-state index contributed by atoms with van der Waals surface area (Å²) in [5.74, 6) is 0.412. The van der Waals surface area contributed by atoms with Gasteiger partial charge in [0.1, 0.15) is 5.02 Å². The van der Waals surface area contributed by atoms with Gasteiger partial charge in [-0.05, 0) is 17.7 Å². The van der Waals surface area contributed by atoms with Crippen LogP contribution in [0.25, 0.3) is 0 Å². The van der Waals surface area contributed by atoms with Crippen molar-refractivity contribution in [2.75, 3.05) is 11.9 Å². The molecular weight excluding hydrogens is 252 g/mol. The molecule has 0 saturated carbocycles. The molecule has 0 fully saturated rings. The van der Waals surface area contributed by atoms with Crippen molar-refractivity contribution in [1.82, 2.24) is 9.97 Å². The Hall–Kier alpha value is -1.85. The molecule has 1 heterocycles. The van der Waals surface area contributed by atoms with Crippen LogP contribution in [0.5, 0.6) is 0 Å². The molecule has 0 spiro atoms. The van der Waals surface area contributed by atoms with Gasteiger partial charge in [-0.3, -0.25) is 4.79 Å². The zero-order valence-corrected chi connectivity index (χ0v) is 10.6. The van der Waals surface area contributed by atoms with Crippen molar-refractivity contribution in [2.45, 2.75) is 6.54 Å². The molecule has 6 heteroatoms. The van der Waals surface area contributed by atoms with Crippen LogP contribution in [0.2, 0.25) is 5.02 Å². The topological polar surface area (TPSA) is 75.0 Å². The number of halogens is 1.